The third-order valence-electron chi connectivity index (χ3n) is 0.547. The summed E-state index contributed by atoms with van der Waals surface area (Å²) in [5.41, 5.74) is 0. The van der Waals surface area contributed by atoms with Gasteiger partial charge < -0.3 is 5.11 Å². The van der Waals surface area contributed by atoms with Gasteiger partial charge in [-0.3, -0.25) is 0 Å². The normalized spacial score (nSPS) is 21.0. The van der Waals surface area contributed by atoms with E-state index in [-0.39, 0.29) is 19.6 Å². The van der Waals surface area contributed by atoms with E-state index in [9.17, 15) is 0 Å². The Labute approximate surface area is 38.5 Å². The summed E-state index contributed by atoms with van der Waals surface area (Å²) in [6.45, 7) is 0. The third-order valence-corrected chi connectivity index (χ3v) is 0.547. The van der Waals surface area contributed by atoms with Crippen LogP contribution in [0.5, 0.6) is 0 Å². The van der Waals surface area contributed by atoms with Gasteiger partial charge >= 0.3 is 0 Å². The van der Waals surface area contributed by atoms with E-state index in [1.165, 1.54) is 0 Å². The highest BCUT2D eigenvalue weighted by molar-refractivity contribution is 7.59. The van der Waals surface area contributed by atoms with E-state index in [1.54, 1.807) is 0 Å². The van der Waals surface area contributed by atoms with Crippen LogP contribution in [0.15, 0.2) is 0 Å². The first-order chi connectivity index (χ1) is 1.89. The zero-order chi connectivity index (χ0) is 2.99. The second-order valence-electron chi connectivity index (χ2n) is 1.23. The Hall–Kier alpha value is 0.310. The average molecular weight is 92.2 g/mol. The van der Waals surface area contributed by atoms with E-state index >= 15 is 0 Å². The lowest BCUT2D eigenvalue weighted by molar-refractivity contribution is 0.279. The van der Waals surface area contributed by atoms with Gasteiger partial charge in [0.2, 0.25) is 0 Å². The highest BCUT2D eigenvalue weighted by Crippen LogP contribution is 2.16. The first kappa shape index (κ1) is 5.31. The second kappa shape index (κ2) is 1.67. The zero-order valence-corrected chi connectivity index (χ0v) is 3.94. The Morgan fingerprint density at radius 3 is 1.60 bits per heavy atom. The molecule has 1 aliphatic carbocycles. The first-order valence-corrected chi connectivity index (χ1v) is 1.57. The minimum absolute atomic E-state index is 0. The van der Waals surface area contributed by atoms with Crippen LogP contribution in [0.3, 0.4) is 0 Å². The molecule has 0 aromatic rings. The van der Waals surface area contributed by atoms with E-state index in [0.717, 1.165) is 12.8 Å². The van der Waals surface area contributed by atoms with Crippen LogP contribution in [0.1, 0.15) is 12.8 Å². The average Bonchev–Trinajstić information content (AvgIpc) is 1.75. The molecule has 0 aromatic carbocycles. The number of hydrogen-bond donors (Lipinski definition) is 1. The van der Waals surface area contributed by atoms with Crippen molar-refractivity contribution in [3.8, 4) is 0 Å². The van der Waals surface area contributed by atoms with E-state index in [1.807, 2.05) is 0 Å². The van der Waals surface area contributed by atoms with Crippen molar-refractivity contribution in [3.05, 3.63) is 0 Å². The summed E-state index contributed by atoms with van der Waals surface area (Å²) in [5, 5.41) is 8.17. The molecule has 0 saturated heterocycles. The van der Waals surface area contributed by atoms with Crippen LogP contribution in [-0.4, -0.2) is 11.2 Å². The molecule has 32 valence electrons. The summed E-state index contributed by atoms with van der Waals surface area (Å²) < 4.78 is 0. The smallest absolute Gasteiger partial charge is 0.0542 e. The summed E-state index contributed by atoms with van der Waals surface area (Å²) in [5.74, 6) is 0. The van der Waals surface area contributed by atoms with Crippen LogP contribution in [-0.2, 0) is 0 Å². The van der Waals surface area contributed by atoms with Crippen molar-refractivity contribution in [1.82, 2.24) is 0 Å². The van der Waals surface area contributed by atoms with Gasteiger partial charge in [-0.1, -0.05) is 0 Å². The van der Waals surface area contributed by atoms with Gasteiger partial charge in [0.15, 0.2) is 0 Å². The van der Waals surface area contributed by atoms with E-state index in [0.29, 0.717) is 0 Å². The summed E-state index contributed by atoms with van der Waals surface area (Å²) in [6, 6.07) is 0. The van der Waals surface area contributed by atoms with Gasteiger partial charge in [-0.2, -0.15) is 13.5 Å². The largest absolute Gasteiger partial charge is 0.393 e. The maximum atomic E-state index is 8.17. The molecule has 1 aliphatic rings. The predicted octanol–water partition coefficient (Wildman–Crippen LogP) is 0.254. The standard InChI is InChI=1S/C3H6O.H2S/c4-3-1-2-3;/h3-4H,1-2H2;1H2. The topological polar surface area (TPSA) is 20.2 Å². The minimum atomic E-state index is 0. The fraction of sp³-hybridized carbons (Fsp3) is 1.00. The van der Waals surface area contributed by atoms with Crippen LogP contribution in [0, 0.1) is 0 Å². The molecule has 5 heavy (non-hydrogen) atoms. The van der Waals surface area contributed by atoms with Gasteiger partial charge in [-0.15, -0.1) is 0 Å². The zero-order valence-electron chi connectivity index (χ0n) is 2.94. The van der Waals surface area contributed by atoms with Crippen molar-refractivity contribution in [3.63, 3.8) is 0 Å². The Balaban J connectivity index is 0.000000160. The molecule has 1 rings (SSSR count). The molecule has 0 unspecified atom stereocenters. The van der Waals surface area contributed by atoms with E-state index < -0.39 is 0 Å². The Kier molecular flexibility index (Phi) is 1.78. The van der Waals surface area contributed by atoms with Crippen molar-refractivity contribution in [2.45, 2.75) is 18.9 Å². The molecule has 0 atom stereocenters. The molecule has 1 saturated carbocycles. The van der Waals surface area contributed by atoms with Crippen molar-refractivity contribution in [2.75, 3.05) is 0 Å². The monoisotopic (exact) mass is 92.0 g/mol. The van der Waals surface area contributed by atoms with Gasteiger partial charge in [0, 0.05) is 0 Å². The molecule has 0 aliphatic heterocycles. The number of rotatable bonds is 0. The number of aliphatic hydroxyl groups is 1. The summed E-state index contributed by atoms with van der Waals surface area (Å²) in [4.78, 5) is 0. The quantitative estimate of drug-likeness (QED) is 0.454. The maximum Gasteiger partial charge on any atom is 0.0542 e. The van der Waals surface area contributed by atoms with Crippen LogP contribution in [0.2, 0.25) is 0 Å². The molecule has 0 spiro atoms. The predicted molar refractivity (Wildman–Crippen MR) is 25.6 cm³/mol. The SMILES string of the molecule is OC1CC1.S. The maximum absolute atomic E-state index is 8.17. The molecule has 0 aromatic heterocycles. The van der Waals surface area contributed by atoms with Crippen LogP contribution >= 0.6 is 13.5 Å². The Bertz CT molecular complexity index is 26.1. The molecule has 1 nitrogen and oxygen atoms in total. The number of aliphatic hydroxyl groups excluding tert-OH is 1. The summed E-state index contributed by atoms with van der Waals surface area (Å²) in [6.07, 6.45) is 2.17. The van der Waals surface area contributed by atoms with Gasteiger partial charge in [0.1, 0.15) is 0 Å². The molecule has 0 heterocycles. The van der Waals surface area contributed by atoms with Crippen molar-refractivity contribution < 1.29 is 5.11 Å². The first-order valence-electron chi connectivity index (χ1n) is 1.57. The van der Waals surface area contributed by atoms with E-state index in [2.05, 4.69) is 0 Å². The molecular formula is C3H8OS. The molecule has 0 bridgehead atoms. The lowest BCUT2D eigenvalue weighted by Gasteiger charge is -1.57. The van der Waals surface area contributed by atoms with Gasteiger partial charge in [-0.05, 0) is 12.8 Å². The van der Waals surface area contributed by atoms with Crippen molar-refractivity contribution in [1.29, 1.82) is 0 Å². The molecular weight excluding hydrogens is 84.1 g/mol. The van der Waals surface area contributed by atoms with Crippen molar-refractivity contribution >= 4 is 13.5 Å². The second-order valence-corrected chi connectivity index (χ2v) is 1.23. The number of hydrogen-bond acceptors (Lipinski definition) is 1. The van der Waals surface area contributed by atoms with Crippen LogP contribution in [0.25, 0.3) is 0 Å². The fourth-order valence-corrected chi connectivity index (χ4v) is 0.0745. The molecule has 0 radical (unpaired) electrons. The lowest BCUT2D eigenvalue weighted by atomic mass is 10.9. The molecule has 1 N–H and O–H groups in total. The lowest BCUT2D eigenvalue weighted by Crippen LogP contribution is -1.65. The van der Waals surface area contributed by atoms with Crippen LogP contribution in [0.4, 0.5) is 0 Å². The Morgan fingerprint density at radius 2 is 1.60 bits per heavy atom. The third kappa shape index (κ3) is 2.10. The highest BCUT2D eigenvalue weighted by atomic mass is 32.1. The summed E-state index contributed by atoms with van der Waals surface area (Å²) >= 11 is 0. The minimum Gasteiger partial charge on any atom is -0.393 e. The Morgan fingerprint density at radius 1 is 1.40 bits per heavy atom. The van der Waals surface area contributed by atoms with E-state index in [4.69, 9.17) is 5.11 Å². The highest BCUT2D eigenvalue weighted by Gasteiger charge is 2.15. The van der Waals surface area contributed by atoms with Gasteiger partial charge in [0.25, 0.3) is 0 Å². The molecule has 2 heteroatoms. The molecule has 1 fully saturated rings. The van der Waals surface area contributed by atoms with Crippen LogP contribution < -0.4 is 0 Å². The molecule has 0 amide bonds. The van der Waals surface area contributed by atoms with Gasteiger partial charge in [-0.25, -0.2) is 0 Å². The summed E-state index contributed by atoms with van der Waals surface area (Å²) in [7, 11) is 0. The van der Waals surface area contributed by atoms with Gasteiger partial charge in [0.05, 0.1) is 6.10 Å². The van der Waals surface area contributed by atoms with Crippen molar-refractivity contribution in [2.24, 2.45) is 0 Å². The fourth-order valence-electron chi connectivity index (χ4n) is 0.0745.